The molecule has 1 aromatic carbocycles. The zero-order chi connectivity index (χ0) is 26.9. The second kappa shape index (κ2) is 13.9. The number of carbonyl (C=O) groups excluding carboxylic acids is 3. The molecule has 1 aromatic rings. The zero-order valence-electron chi connectivity index (χ0n) is 21.3. The SMILES string of the molecule is CCCN1C(=O)[C@H](CCCCNC(=O)OCC(Cl)(Cl)Cl)NC(=O)C12CCN(CCc1ccccc1)CC2. The van der Waals surface area contributed by atoms with Crippen molar-refractivity contribution < 1.29 is 19.1 Å². The van der Waals surface area contributed by atoms with Crippen molar-refractivity contribution in [3.05, 3.63) is 35.9 Å². The van der Waals surface area contributed by atoms with E-state index in [9.17, 15) is 14.4 Å². The van der Waals surface area contributed by atoms with Crippen LogP contribution in [0.15, 0.2) is 30.3 Å². The number of nitrogens with one attached hydrogen (secondary N) is 2. The Labute approximate surface area is 234 Å². The highest BCUT2D eigenvalue weighted by Gasteiger charge is 2.52. The molecule has 0 unspecified atom stereocenters. The maximum Gasteiger partial charge on any atom is 0.407 e. The summed E-state index contributed by atoms with van der Waals surface area (Å²) >= 11 is 16.7. The van der Waals surface area contributed by atoms with Crippen LogP contribution in [-0.4, -0.2) is 82.4 Å². The number of piperidine rings is 1. The molecule has 2 aliphatic rings. The zero-order valence-corrected chi connectivity index (χ0v) is 23.6. The molecule has 0 aromatic heterocycles. The molecule has 0 radical (unpaired) electrons. The quantitative estimate of drug-likeness (QED) is 0.307. The monoisotopic (exact) mass is 574 g/mol. The van der Waals surface area contributed by atoms with Gasteiger partial charge >= 0.3 is 6.09 Å². The lowest BCUT2D eigenvalue weighted by Crippen LogP contribution is -2.72. The number of likely N-dealkylation sites (tertiary alicyclic amines) is 1. The van der Waals surface area contributed by atoms with Gasteiger partial charge in [0.25, 0.3) is 0 Å². The van der Waals surface area contributed by atoms with Crippen LogP contribution in [0.2, 0.25) is 0 Å². The average molecular weight is 576 g/mol. The molecule has 2 heterocycles. The van der Waals surface area contributed by atoms with Crippen molar-refractivity contribution in [2.75, 3.05) is 39.3 Å². The third-order valence-electron chi connectivity index (χ3n) is 7.05. The number of nitrogens with zero attached hydrogens (tertiary/aromatic N) is 2. The molecule has 1 spiro atoms. The number of unbranched alkanes of at least 4 members (excludes halogenated alkanes) is 1. The van der Waals surface area contributed by atoms with Gasteiger partial charge in [0.15, 0.2) is 0 Å². The van der Waals surface area contributed by atoms with Crippen LogP contribution < -0.4 is 10.6 Å². The molecule has 0 aliphatic carbocycles. The number of ether oxygens (including phenoxy) is 1. The Morgan fingerprint density at radius 2 is 1.84 bits per heavy atom. The van der Waals surface area contributed by atoms with Crippen LogP contribution in [0.4, 0.5) is 4.79 Å². The number of carbonyl (C=O) groups is 3. The van der Waals surface area contributed by atoms with Gasteiger partial charge in [-0.1, -0.05) is 72.1 Å². The molecule has 2 N–H and O–H groups in total. The fourth-order valence-corrected chi connectivity index (χ4v) is 5.22. The lowest BCUT2D eigenvalue weighted by molar-refractivity contribution is -0.161. The molecule has 8 nitrogen and oxygen atoms in total. The van der Waals surface area contributed by atoms with Crippen LogP contribution in [0.1, 0.15) is 51.0 Å². The Kier molecular flexibility index (Phi) is 11.2. The van der Waals surface area contributed by atoms with Crippen molar-refractivity contribution in [2.45, 2.75) is 67.2 Å². The fraction of sp³-hybridized carbons (Fsp3) is 0.654. The summed E-state index contributed by atoms with van der Waals surface area (Å²) in [4.78, 5) is 42.7. The maximum absolute atomic E-state index is 13.4. The lowest BCUT2D eigenvalue weighted by Gasteiger charge is -2.51. The summed E-state index contributed by atoms with van der Waals surface area (Å²) in [5.41, 5.74) is 0.541. The Hall–Kier alpha value is -1.74. The number of benzene rings is 1. The van der Waals surface area contributed by atoms with E-state index in [1.807, 2.05) is 17.9 Å². The van der Waals surface area contributed by atoms with E-state index in [1.54, 1.807) is 0 Å². The van der Waals surface area contributed by atoms with E-state index in [0.29, 0.717) is 45.2 Å². The van der Waals surface area contributed by atoms with Gasteiger partial charge in [0, 0.05) is 32.7 Å². The molecular formula is C26H37Cl3N4O4. The second-order valence-electron chi connectivity index (χ2n) is 9.74. The molecule has 2 aliphatic heterocycles. The van der Waals surface area contributed by atoms with Gasteiger partial charge in [0.2, 0.25) is 15.6 Å². The fourth-order valence-electron chi connectivity index (χ4n) is 5.06. The number of hydrogen-bond acceptors (Lipinski definition) is 5. The van der Waals surface area contributed by atoms with Crippen LogP contribution in [0.3, 0.4) is 0 Å². The first kappa shape index (κ1) is 29.8. The topological polar surface area (TPSA) is 91.0 Å². The first-order valence-corrected chi connectivity index (χ1v) is 14.1. The number of rotatable bonds is 11. The third-order valence-corrected chi connectivity index (χ3v) is 7.38. The van der Waals surface area contributed by atoms with Crippen molar-refractivity contribution >= 4 is 52.7 Å². The molecule has 206 valence electrons. The summed E-state index contributed by atoms with van der Waals surface area (Å²) in [6, 6.07) is 9.85. The molecule has 0 bridgehead atoms. The molecule has 3 rings (SSSR count). The van der Waals surface area contributed by atoms with Crippen LogP contribution in [0.5, 0.6) is 0 Å². The Morgan fingerprint density at radius 3 is 2.49 bits per heavy atom. The van der Waals surface area contributed by atoms with Crippen molar-refractivity contribution in [3.8, 4) is 0 Å². The lowest BCUT2D eigenvalue weighted by atomic mass is 9.81. The largest absolute Gasteiger partial charge is 0.445 e. The van der Waals surface area contributed by atoms with Gasteiger partial charge in [-0.2, -0.15) is 0 Å². The van der Waals surface area contributed by atoms with Gasteiger partial charge in [0.05, 0.1) is 0 Å². The summed E-state index contributed by atoms with van der Waals surface area (Å²) < 4.78 is 3.16. The summed E-state index contributed by atoms with van der Waals surface area (Å²) in [6.45, 7) is 5.14. The number of hydrogen-bond donors (Lipinski definition) is 2. The highest BCUT2D eigenvalue weighted by molar-refractivity contribution is 6.67. The van der Waals surface area contributed by atoms with Crippen molar-refractivity contribution in [3.63, 3.8) is 0 Å². The highest BCUT2D eigenvalue weighted by Crippen LogP contribution is 2.34. The normalized spacial score (nSPS) is 20.1. The summed E-state index contributed by atoms with van der Waals surface area (Å²) in [5.74, 6) is -0.0455. The van der Waals surface area contributed by atoms with Gasteiger partial charge in [-0.05, 0) is 50.5 Å². The number of alkyl halides is 3. The van der Waals surface area contributed by atoms with E-state index in [1.165, 1.54) is 5.56 Å². The Balaban J connectivity index is 1.46. The second-order valence-corrected chi connectivity index (χ2v) is 12.3. The van der Waals surface area contributed by atoms with Gasteiger partial charge in [0.1, 0.15) is 18.2 Å². The molecule has 37 heavy (non-hydrogen) atoms. The minimum Gasteiger partial charge on any atom is -0.445 e. The van der Waals surface area contributed by atoms with E-state index in [2.05, 4.69) is 39.8 Å². The summed E-state index contributed by atoms with van der Waals surface area (Å²) in [5, 5.41) is 5.61. The molecule has 0 saturated carbocycles. The van der Waals surface area contributed by atoms with Crippen LogP contribution in [0.25, 0.3) is 0 Å². The molecular weight excluding hydrogens is 539 g/mol. The number of amides is 3. The predicted molar refractivity (Wildman–Crippen MR) is 146 cm³/mol. The third kappa shape index (κ3) is 8.63. The van der Waals surface area contributed by atoms with Crippen LogP contribution >= 0.6 is 34.8 Å². The Bertz CT molecular complexity index is 905. The van der Waals surface area contributed by atoms with E-state index >= 15 is 0 Å². The van der Waals surface area contributed by atoms with Gasteiger partial charge in [-0.15, -0.1) is 0 Å². The number of piperazine rings is 1. The number of alkyl carbamates (subject to hydrolysis) is 1. The molecule has 11 heteroatoms. The molecule has 1 atom stereocenters. The predicted octanol–water partition coefficient (Wildman–Crippen LogP) is 4.07. The maximum atomic E-state index is 13.4. The van der Waals surface area contributed by atoms with Crippen LogP contribution in [-0.2, 0) is 20.7 Å². The van der Waals surface area contributed by atoms with Crippen molar-refractivity contribution in [1.82, 2.24) is 20.4 Å². The minimum atomic E-state index is -1.66. The first-order valence-electron chi connectivity index (χ1n) is 13.0. The van der Waals surface area contributed by atoms with Crippen molar-refractivity contribution in [1.29, 1.82) is 0 Å². The number of halogens is 3. The van der Waals surface area contributed by atoms with Gasteiger partial charge in [-0.25, -0.2) is 4.79 Å². The van der Waals surface area contributed by atoms with E-state index in [-0.39, 0.29) is 18.4 Å². The minimum absolute atomic E-state index is 0.00534. The van der Waals surface area contributed by atoms with Gasteiger partial charge in [-0.3, -0.25) is 9.59 Å². The summed E-state index contributed by atoms with van der Waals surface area (Å²) in [7, 11) is 0. The molecule has 3 amide bonds. The molecule has 2 saturated heterocycles. The van der Waals surface area contributed by atoms with Crippen LogP contribution in [0, 0.1) is 0 Å². The van der Waals surface area contributed by atoms with Crippen molar-refractivity contribution in [2.24, 2.45) is 0 Å². The van der Waals surface area contributed by atoms with E-state index < -0.39 is 21.5 Å². The summed E-state index contributed by atoms with van der Waals surface area (Å²) in [6.07, 6.45) is 4.18. The molecule has 2 fully saturated rings. The standard InChI is InChI=1S/C26H37Cl3N4O4/c1-2-15-33-22(34)21(10-6-7-14-30-24(36)37-19-26(27,28)29)31-23(35)25(33)12-17-32(18-13-25)16-11-20-8-4-3-5-9-20/h3-5,8-9,21H,2,6-7,10-19H2,1H3,(H,30,36)(H,31,35)/t21-/m0/s1. The highest BCUT2D eigenvalue weighted by atomic mass is 35.6. The Morgan fingerprint density at radius 1 is 1.14 bits per heavy atom. The average Bonchev–Trinajstić information content (AvgIpc) is 2.88. The van der Waals surface area contributed by atoms with Gasteiger partial charge < -0.3 is 25.2 Å². The van der Waals surface area contributed by atoms with E-state index in [0.717, 1.165) is 32.5 Å². The first-order chi connectivity index (χ1) is 17.6. The smallest absolute Gasteiger partial charge is 0.407 e. The van der Waals surface area contributed by atoms with E-state index in [4.69, 9.17) is 39.5 Å².